The molecule has 1 fully saturated rings. The summed E-state index contributed by atoms with van der Waals surface area (Å²) in [6.07, 6.45) is 5.21. The maximum absolute atomic E-state index is 13.6. The predicted molar refractivity (Wildman–Crippen MR) is 137 cm³/mol. The zero-order chi connectivity index (χ0) is 25.9. The Morgan fingerprint density at radius 2 is 1.95 bits per heavy atom. The van der Waals surface area contributed by atoms with Gasteiger partial charge in [-0.15, -0.1) is 0 Å². The predicted octanol–water partition coefficient (Wildman–Crippen LogP) is 3.72. The summed E-state index contributed by atoms with van der Waals surface area (Å²) in [7, 11) is 1.44. The van der Waals surface area contributed by atoms with Crippen LogP contribution in [0.25, 0.3) is 16.8 Å². The highest BCUT2D eigenvalue weighted by Gasteiger charge is 2.28. The van der Waals surface area contributed by atoms with E-state index in [1.165, 1.54) is 25.6 Å². The van der Waals surface area contributed by atoms with Gasteiger partial charge in [0.2, 0.25) is 0 Å². The standard InChI is InChI=1S/C27H29FN6O3/c1-37-22-11-10-20(28)12-21(22)27(36)30-13-16-2-6-18(7-3-16)23-24-25(29)31-15-32-34(24)26(33-23)19-8-4-17(14-35)5-9-19/h2-3,6-7,10-12,15,17,19,35H,4-5,8-9,13-14H2,1H3,(H,30,36)(H2,29,31,32). The number of anilines is 1. The van der Waals surface area contributed by atoms with E-state index in [2.05, 4.69) is 15.4 Å². The fourth-order valence-electron chi connectivity index (χ4n) is 4.96. The lowest BCUT2D eigenvalue weighted by atomic mass is 9.82. The van der Waals surface area contributed by atoms with Gasteiger partial charge in [-0.1, -0.05) is 24.3 Å². The van der Waals surface area contributed by atoms with E-state index in [1.54, 1.807) is 4.52 Å². The molecule has 4 N–H and O–H groups in total. The van der Waals surface area contributed by atoms with Gasteiger partial charge in [-0.05, 0) is 55.4 Å². The first-order valence-electron chi connectivity index (χ1n) is 12.3. The number of amides is 1. The van der Waals surface area contributed by atoms with Crippen LogP contribution in [0.1, 0.15) is 53.3 Å². The van der Waals surface area contributed by atoms with Crippen LogP contribution in [0, 0.1) is 11.7 Å². The molecule has 2 heterocycles. The Labute approximate surface area is 213 Å². The number of rotatable bonds is 7. The van der Waals surface area contributed by atoms with Gasteiger partial charge in [-0.25, -0.2) is 18.9 Å². The van der Waals surface area contributed by atoms with Crippen molar-refractivity contribution in [3.63, 3.8) is 0 Å². The maximum atomic E-state index is 13.6. The Bertz CT molecular complexity index is 1410. The Kier molecular flexibility index (Phi) is 7.00. The normalized spacial score (nSPS) is 17.6. The van der Waals surface area contributed by atoms with Crippen molar-refractivity contribution in [1.82, 2.24) is 24.9 Å². The van der Waals surface area contributed by atoms with E-state index in [0.29, 0.717) is 28.7 Å². The lowest BCUT2D eigenvalue weighted by Crippen LogP contribution is -2.23. The number of halogens is 1. The van der Waals surface area contributed by atoms with E-state index < -0.39 is 11.7 Å². The van der Waals surface area contributed by atoms with Crippen LogP contribution in [0.3, 0.4) is 0 Å². The third-order valence-electron chi connectivity index (χ3n) is 7.04. The fraction of sp³-hybridized carbons (Fsp3) is 0.333. The minimum atomic E-state index is -0.508. The number of imidazole rings is 1. The average Bonchev–Trinajstić information content (AvgIpc) is 3.33. The number of carbonyl (C=O) groups is 1. The van der Waals surface area contributed by atoms with Crippen LogP contribution in [0.2, 0.25) is 0 Å². The SMILES string of the molecule is COc1ccc(F)cc1C(=O)NCc1ccc(-c2nc(C3CCC(CO)CC3)n3ncnc(N)c23)cc1. The topological polar surface area (TPSA) is 128 Å². The summed E-state index contributed by atoms with van der Waals surface area (Å²) in [5.41, 5.74) is 9.49. The van der Waals surface area contributed by atoms with Crippen molar-refractivity contribution in [3.8, 4) is 17.0 Å². The molecule has 0 bridgehead atoms. The number of nitrogen functional groups attached to an aromatic ring is 1. The molecule has 0 unspecified atom stereocenters. The number of nitrogens with one attached hydrogen (secondary N) is 1. The molecule has 37 heavy (non-hydrogen) atoms. The minimum absolute atomic E-state index is 0.139. The first kappa shape index (κ1) is 24.6. The Morgan fingerprint density at radius 1 is 1.19 bits per heavy atom. The molecule has 0 atom stereocenters. The lowest BCUT2D eigenvalue weighted by Gasteiger charge is -2.26. The summed E-state index contributed by atoms with van der Waals surface area (Å²) in [4.78, 5) is 21.7. The molecule has 1 saturated carbocycles. The zero-order valence-electron chi connectivity index (χ0n) is 20.5. The van der Waals surface area contributed by atoms with Crippen LogP contribution in [-0.4, -0.2) is 44.3 Å². The van der Waals surface area contributed by atoms with E-state index in [0.717, 1.165) is 48.7 Å². The molecule has 1 amide bonds. The summed E-state index contributed by atoms with van der Waals surface area (Å²) in [5, 5.41) is 16.7. The van der Waals surface area contributed by atoms with Gasteiger partial charge in [-0.2, -0.15) is 5.10 Å². The highest BCUT2D eigenvalue weighted by atomic mass is 19.1. The Balaban J connectivity index is 1.36. The molecule has 192 valence electrons. The Hall–Kier alpha value is -4.05. The molecule has 0 spiro atoms. The van der Waals surface area contributed by atoms with E-state index in [4.69, 9.17) is 15.5 Å². The molecule has 10 heteroatoms. The van der Waals surface area contributed by atoms with E-state index in [-0.39, 0.29) is 24.6 Å². The number of fused-ring (bicyclic) bond motifs is 1. The molecule has 0 saturated heterocycles. The molecular weight excluding hydrogens is 475 g/mol. The molecule has 1 aliphatic rings. The van der Waals surface area contributed by atoms with Crippen molar-refractivity contribution in [2.24, 2.45) is 5.92 Å². The molecule has 9 nitrogen and oxygen atoms in total. The van der Waals surface area contributed by atoms with Gasteiger partial charge in [-0.3, -0.25) is 4.79 Å². The molecular formula is C27H29FN6O3. The third kappa shape index (κ3) is 4.97. The number of nitrogens with zero attached hydrogens (tertiary/aromatic N) is 4. The summed E-state index contributed by atoms with van der Waals surface area (Å²) < 4.78 is 20.6. The van der Waals surface area contributed by atoms with Gasteiger partial charge in [0.25, 0.3) is 5.91 Å². The molecule has 1 aliphatic carbocycles. The number of ether oxygens (including phenoxy) is 1. The van der Waals surface area contributed by atoms with Crippen LogP contribution in [0.4, 0.5) is 10.2 Å². The fourth-order valence-corrected chi connectivity index (χ4v) is 4.96. The third-order valence-corrected chi connectivity index (χ3v) is 7.04. The lowest BCUT2D eigenvalue weighted by molar-refractivity contribution is 0.0947. The monoisotopic (exact) mass is 504 g/mol. The van der Waals surface area contributed by atoms with Crippen molar-refractivity contribution in [2.75, 3.05) is 19.5 Å². The molecule has 2 aromatic carbocycles. The molecule has 0 aliphatic heterocycles. The van der Waals surface area contributed by atoms with Crippen LogP contribution in [0.5, 0.6) is 5.75 Å². The Morgan fingerprint density at radius 3 is 2.65 bits per heavy atom. The van der Waals surface area contributed by atoms with E-state index in [9.17, 15) is 14.3 Å². The first-order valence-corrected chi connectivity index (χ1v) is 12.3. The van der Waals surface area contributed by atoms with Crippen molar-refractivity contribution < 1.29 is 19.0 Å². The molecule has 5 rings (SSSR count). The number of benzene rings is 2. The van der Waals surface area contributed by atoms with E-state index in [1.807, 2.05) is 24.3 Å². The summed E-state index contributed by atoms with van der Waals surface area (Å²) >= 11 is 0. The second kappa shape index (κ2) is 10.5. The average molecular weight is 505 g/mol. The van der Waals surface area contributed by atoms with Crippen LogP contribution in [0.15, 0.2) is 48.8 Å². The van der Waals surface area contributed by atoms with Crippen LogP contribution >= 0.6 is 0 Å². The zero-order valence-corrected chi connectivity index (χ0v) is 20.5. The number of methoxy groups -OCH3 is 1. The number of carbonyl (C=O) groups excluding carboxylic acids is 1. The number of nitrogens with two attached hydrogens (primary N) is 1. The van der Waals surface area contributed by atoms with Gasteiger partial charge in [0.15, 0.2) is 5.82 Å². The minimum Gasteiger partial charge on any atom is -0.496 e. The number of aliphatic hydroxyl groups is 1. The first-order chi connectivity index (χ1) is 18.0. The summed E-state index contributed by atoms with van der Waals surface area (Å²) in [6.45, 7) is 0.477. The number of hydrogen-bond donors (Lipinski definition) is 3. The smallest absolute Gasteiger partial charge is 0.255 e. The number of hydrogen-bond acceptors (Lipinski definition) is 7. The molecule has 4 aromatic rings. The van der Waals surface area contributed by atoms with Crippen molar-refractivity contribution in [2.45, 2.75) is 38.1 Å². The van der Waals surface area contributed by atoms with E-state index >= 15 is 0 Å². The highest BCUT2D eigenvalue weighted by molar-refractivity contribution is 5.96. The summed E-state index contributed by atoms with van der Waals surface area (Å²) in [5.74, 6) is 1.16. The molecule has 0 radical (unpaired) electrons. The summed E-state index contributed by atoms with van der Waals surface area (Å²) in [6, 6.07) is 11.5. The van der Waals surface area contributed by atoms with Gasteiger partial charge in [0.1, 0.15) is 34.9 Å². The van der Waals surface area contributed by atoms with Crippen LogP contribution in [-0.2, 0) is 6.54 Å². The number of aromatic nitrogens is 4. The van der Waals surface area contributed by atoms with Gasteiger partial charge in [0, 0.05) is 24.6 Å². The number of aliphatic hydroxyl groups excluding tert-OH is 1. The highest BCUT2D eigenvalue weighted by Crippen LogP contribution is 2.38. The van der Waals surface area contributed by atoms with Crippen molar-refractivity contribution in [3.05, 3.63) is 71.6 Å². The largest absolute Gasteiger partial charge is 0.496 e. The quantitative estimate of drug-likeness (QED) is 0.350. The van der Waals surface area contributed by atoms with Gasteiger partial charge < -0.3 is 20.9 Å². The van der Waals surface area contributed by atoms with Crippen molar-refractivity contribution >= 4 is 17.2 Å². The maximum Gasteiger partial charge on any atom is 0.255 e. The van der Waals surface area contributed by atoms with Crippen LogP contribution < -0.4 is 15.8 Å². The van der Waals surface area contributed by atoms with Crippen molar-refractivity contribution in [1.29, 1.82) is 0 Å². The second-order valence-electron chi connectivity index (χ2n) is 9.35. The second-order valence-corrected chi connectivity index (χ2v) is 9.35. The van der Waals surface area contributed by atoms with Gasteiger partial charge in [0.05, 0.1) is 12.7 Å². The molecule has 2 aromatic heterocycles. The van der Waals surface area contributed by atoms with Gasteiger partial charge >= 0.3 is 0 Å².